The van der Waals surface area contributed by atoms with Gasteiger partial charge in [0, 0.05) is 5.57 Å². The van der Waals surface area contributed by atoms with Crippen LogP contribution >= 0.6 is 0 Å². The van der Waals surface area contributed by atoms with Gasteiger partial charge in [0.25, 0.3) is 0 Å². The molecule has 0 bridgehead atoms. The van der Waals surface area contributed by atoms with Crippen molar-refractivity contribution in [2.75, 3.05) is 0 Å². The predicted molar refractivity (Wildman–Crippen MR) is 69.7 cm³/mol. The Morgan fingerprint density at radius 1 is 1.27 bits per heavy atom. The van der Waals surface area contributed by atoms with E-state index in [1.54, 1.807) is 6.92 Å². The molecule has 0 spiro atoms. The normalized spacial score (nSPS) is 14.1. The quantitative estimate of drug-likeness (QED) is 0.597. The number of hydrogen-bond donors (Lipinski definition) is 1. The van der Waals surface area contributed by atoms with Gasteiger partial charge >= 0.3 is 0 Å². The summed E-state index contributed by atoms with van der Waals surface area (Å²) in [5.41, 5.74) is 5.80. The Kier molecular flexibility index (Phi) is 4.96. The third-order valence-electron chi connectivity index (χ3n) is 1.87. The lowest BCUT2D eigenvalue weighted by Crippen LogP contribution is -2.41. The molecule has 1 amide bonds. The van der Waals surface area contributed by atoms with Gasteiger partial charge in [0.05, 0.1) is 0 Å². The molecule has 0 aliphatic heterocycles. The molecule has 0 aliphatic carbocycles. The van der Waals surface area contributed by atoms with E-state index >= 15 is 0 Å². The molecule has 0 heterocycles. The van der Waals surface area contributed by atoms with Crippen molar-refractivity contribution in [3.63, 3.8) is 0 Å². The molecule has 15 heavy (non-hydrogen) atoms. The Labute approximate surface area is 95.0 Å². The summed E-state index contributed by atoms with van der Waals surface area (Å²) >= 11 is 0. The summed E-state index contributed by atoms with van der Waals surface area (Å²) in [6.45, 7) is 12.7. The van der Waals surface area contributed by atoms with Crippen LogP contribution in [0.15, 0.2) is 11.6 Å². The van der Waals surface area contributed by atoms with E-state index in [-0.39, 0.29) is 5.91 Å². The van der Waals surface area contributed by atoms with Gasteiger partial charge in [-0.05, 0) is 45.7 Å². The molecule has 5 heteroatoms. The van der Waals surface area contributed by atoms with Crippen LogP contribution in [0.4, 0.5) is 0 Å². The van der Waals surface area contributed by atoms with E-state index in [2.05, 4.69) is 32.7 Å². The number of carbonyl (C=O) groups is 1. The molecule has 0 saturated carbocycles. The lowest BCUT2D eigenvalue weighted by atomic mass is 10.3. The summed E-state index contributed by atoms with van der Waals surface area (Å²) < 4.78 is 6.14. The van der Waals surface area contributed by atoms with E-state index in [1.807, 2.05) is 6.08 Å². The molecule has 2 N–H and O–H groups in total. The average Bonchev–Trinajstić information content (AvgIpc) is 1.95. The second kappa shape index (κ2) is 5.09. The van der Waals surface area contributed by atoms with Crippen molar-refractivity contribution in [1.29, 1.82) is 0 Å². The van der Waals surface area contributed by atoms with E-state index in [1.165, 1.54) is 0 Å². The van der Waals surface area contributed by atoms with Gasteiger partial charge in [-0.15, -0.1) is 0 Å². The molecular weight excluding hydrogens is 222 g/mol. The van der Waals surface area contributed by atoms with Gasteiger partial charge in [-0.25, -0.2) is 0 Å². The van der Waals surface area contributed by atoms with Gasteiger partial charge in [-0.2, -0.15) is 0 Å². The zero-order valence-corrected chi connectivity index (χ0v) is 12.7. The fourth-order valence-electron chi connectivity index (χ4n) is 1.37. The Morgan fingerprint density at radius 3 is 2.07 bits per heavy atom. The summed E-state index contributed by atoms with van der Waals surface area (Å²) in [6.07, 6.45) is 1.91. The number of hydrogen-bond acceptors (Lipinski definition) is 2. The van der Waals surface area contributed by atoms with Crippen LogP contribution in [0.3, 0.4) is 0 Å². The van der Waals surface area contributed by atoms with Crippen LogP contribution in [0, 0.1) is 0 Å². The zero-order chi connectivity index (χ0) is 12.3. The first-order chi connectivity index (χ1) is 6.53. The third kappa shape index (κ3) is 7.52. The minimum atomic E-state index is -1.67. The molecule has 0 aliphatic rings. The molecule has 3 nitrogen and oxygen atoms in total. The highest BCUT2D eigenvalue weighted by atomic mass is 28.4. The molecule has 88 valence electrons. The zero-order valence-electron chi connectivity index (χ0n) is 10.7. The molecule has 0 fully saturated rings. The van der Waals surface area contributed by atoms with Gasteiger partial charge in [-0.3, -0.25) is 4.79 Å². The number of allylic oxidation sites excluding steroid dienone is 1. The second-order valence-corrected chi connectivity index (χ2v) is 14.4. The van der Waals surface area contributed by atoms with Crippen molar-refractivity contribution >= 4 is 22.5 Å². The largest absolute Gasteiger partial charge is 0.455 e. The monoisotopic (exact) mass is 245 g/mol. The molecule has 0 saturated heterocycles. The van der Waals surface area contributed by atoms with E-state index in [9.17, 15) is 4.79 Å². The minimum absolute atomic E-state index is 0.340. The highest BCUT2D eigenvalue weighted by Gasteiger charge is 2.28. The molecule has 0 aromatic carbocycles. The molecule has 0 atom stereocenters. The van der Waals surface area contributed by atoms with Gasteiger partial charge in [0.1, 0.15) is 0 Å². The Balaban J connectivity index is 4.40. The predicted octanol–water partition coefficient (Wildman–Crippen LogP) is 2.47. The van der Waals surface area contributed by atoms with E-state index in [0.29, 0.717) is 5.57 Å². The van der Waals surface area contributed by atoms with Crippen LogP contribution in [0.25, 0.3) is 0 Å². The SMILES string of the molecule is CC(=CC[Si](C)(C)O[Si](C)(C)C)C(N)=O. The van der Waals surface area contributed by atoms with Gasteiger partial charge in [0.2, 0.25) is 5.91 Å². The highest BCUT2D eigenvalue weighted by molar-refractivity contribution is 6.84. The molecule has 0 aromatic rings. The van der Waals surface area contributed by atoms with Crippen LogP contribution in [-0.2, 0) is 8.91 Å². The van der Waals surface area contributed by atoms with E-state index in [0.717, 1.165) is 6.04 Å². The summed E-state index contributed by atoms with van der Waals surface area (Å²) in [5.74, 6) is -0.340. The molecule has 0 rings (SSSR count). The Bertz CT molecular complexity index is 267. The molecule has 0 unspecified atom stereocenters. The maximum atomic E-state index is 10.8. The second-order valence-electron chi connectivity index (χ2n) is 5.43. The maximum Gasteiger partial charge on any atom is 0.243 e. The van der Waals surface area contributed by atoms with Crippen LogP contribution in [0.2, 0.25) is 38.8 Å². The molecular formula is C10H23NO2Si2. The van der Waals surface area contributed by atoms with Crippen molar-refractivity contribution in [2.45, 2.75) is 45.7 Å². The molecule has 0 radical (unpaired) electrons. The Morgan fingerprint density at radius 2 is 1.73 bits per heavy atom. The average molecular weight is 245 g/mol. The van der Waals surface area contributed by atoms with Crippen molar-refractivity contribution in [3.05, 3.63) is 11.6 Å². The first kappa shape index (κ1) is 14.6. The smallest absolute Gasteiger partial charge is 0.243 e. The van der Waals surface area contributed by atoms with Crippen LogP contribution < -0.4 is 5.73 Å². The first-order valence-corrected chi connectivity index (χ1v) is 11.7. The van der Waals surface area contributed by atoms with Crippen LogP contribution in [-0.4, -0.2) is 22.5 Å². The lowest BCUT2D eigenvalue weighted by Gasteiger charge is -2.30. The maximum absolute atomic E-state index is 10.8. The number of nitrogens with two attached hydrogens (primary N) is 1. The fourth-order valence-corrected chi connectivity index (χ4v) is 9.13. The van der Waals surface area contributed by atoms with Crippen LogP contribution in [0.1, 0.15) is 6.92 Å². The summed E-state index contributed by atoms with van der Waals surface area (Å²) in [7, 11) is -3.15. The first-order valence-electron chi connectivity index (χ1n) is 5.20. The summed E-state index contributed by atoms with van der Waals surface area (Å²) in [6, 6.07) is 0.853. The van der Waals surface area contributed by atoms with Gasteiger partial charge in [-0.1, -0.05) is 6.08 Å². The third-order valence-corrected chi connectivity index (χ3v) is 7.72. The highest BCUT2D eigenvalue weighted by Crippen LogP contribution is 2.19. The number of carbonyl (C=O) groups excluding carboxylic acids is 1. The Hall–Kier alpha value is -0.396. The number of primary amides is 1. The van der Waals surface area contributed by atoms with Crippen molar-refractivity contribution in [1.82, 2.24) is 0 Å². The van der Waals surface area contributed by atoms with Gasteiger partial charge < -0.3 is 9.85 Å². The van der Waals surface area contributed by atoms with E-state index in [4.69, 9.17) is 9.85 Å². The number of rotatable bonds is 5. The van der Waals surface area contributed by atoms with Crippen LogP contribution in [0.5, 0.6) is 0 Å². The van der Waals surface area contributed by atoms with E-state index < -0.39 is 16.6 Å². The van der Waals surface area contributed by atoms with Crippen molar-refractivity contribution in [2.24, 2.45) is 5.73 Å². The fraction of sp³-hybridized carbons (Fsp3) is 0.700. The van der Waals surface area contributed by atoms with Gasteiger partial charge in [0.15, 0.2) is 16.6 Å². The number of amides is 1. The summed E-state index contributed by atoms with van der Waals surface area (Å²) in [5, 5.41) is 0. The lowest BCUT2D eigenvalue weighted by molar-refractivity contribution is -0.114. The minimum Gasteiger partial charge on any atom is -0.455 e. The van der Waals surface area contributed by atoms with Crippen molar-refractivity contribution in [3.8, 4) is 0 Å². The van der Waals surface area contributed by atoms with Crippen molar-refractivity contribution < 1.29 is 8.91 Å². The standard InChI is InChI=1S/C10H23NO2Si2/c1-9(10(11)12)7-8-15(5,6)13-14(2,3)4/h7H,8H2,1-6H3,(H2,11,12). The summed E-state index contributed by atoms with van der Waals surface area (Å²) in [4.78, 5) is 10.8. The molecule has 0 aromatic heterocycles. The topological polar surface area (TPSA) is 52.3 Å².